The molecule has 0 aromatic carbocycles. The molecule has 1 aliphatic rings. The summed E-state index contributed by atoms with van der Waals surface area (Å²) in [4.78, 5) is 4.47. The van der Waals surface area contributed by atoms with Crippen LogP contribution in [0.25, 0.3) is 0 Å². The summed E-state index contributed by atoms with van der Waals surface area (Å²) >= 11 is 2.07. The first-order valence-corrected chi connectivity index (χ1v) is 7.67. The van der Waals surface area contributed by atoms with Crippen molar-refractivity contribution in [3.05, 3.63) is 24.0 Å². The van der Waals surface area contributed by atoms with Crippen LogP contribution in [0.3, 0.4) is 0 Å². The molecule has 1 heterocycles. The minimum Gasteiger partial charge on any atom is -0.495 e. The Hall–Kier alpha value is -0.740. The van der Waals surface area contributed by atoms with Gasteiger partial charge in [-0.2, -0.15) is 11.8 Å². The Morgan fingerprint density at radius 1 is 1.50 bits per heavy atom. The van der Waals surface area contributed by atoms with Crippen LogP contribution < -0.4 is 10.1 Å². The van der Waals surface area contributed by atoms with Gasteiger partial charge in [-0.25, -0.2) is 0 Å². The van der Waals surface area contributed by atoms with E-state index in [4.69, 9.17) is 4.74 Å². The lowest BCUT2D eigenvalue weighted by Crippen LogP contribution is -2.21. The van der Waals surface area contributed by atoms with E-state index >= 15 is 0 Å². The summed E-state index contributed by atoms with van der Waals surface area (Å²) in [5.41, 5.74) is 1.02. The largest absolute Gasteiger partial charge is 0.495 e. The first kappa shape index (κ1) is 13.7. The van der Waals surface area contributed by atoms with E-state index in [2.05, 4.69) is 22.1 Å². The second-order valence-electron chi connectivity index (χ2n) is 4.67. The molecule has 1 aliphatic carbocycles. The Morgan fingerprint density at radius 3 is 2.94 bits per heavy atom. The predicted octanol–water partition coefficient (Wildman–Crippen LogP) is 3.03. The molecule has 0 bridgehead atoms. The standard InChI is InChI=1S/C14H22N2OS/c1-15-12(10-18-11-6-3-4-7-11)14-13(17-2)8-5-9-16-14/h5,8-9,11-12,15H,3-4,6-7,10H2,1-2H3. The molecule has 4 heteroatoms. The van der Waals surface area contributed by atoms with E-state index in [1.165, 1.54) is 25.7 Å². The van der Waals surface area contributed by atoms with E-state index in [0.717, 1.165) is 22.4 Å². The van der Waals surface area contributed by atoms with Gasteiger partial charge in [0.15, 0.2) is 0 Å². The lowest BCUT2D eigenvalue weighted by molar-refractivity contribution is 0.400. The molecule has 1 unspecified atom stereocenters. The van der Waals surface area contributed by atoms with Crippen molar-refractivity contribution in [2.24, 2.45) is 0 Å². The summed E-state index contributed by atoms with van der Waals surface area (Å²) in [6.07, 6.45) is 7.38. The monoisotopic (exact) mass is 266 g/mol. The molecule has 0 aliphatic heterocycles. The molecule has 1 aromatic rings. The van der Waals surface area contributed by atoms with Gasteiger partial charge in [-0.1, -0.05) is 12.8 Å². The lowest BCUT2D eigenvalue weighted by atomic mass is 10.2. The van der Waals surface area contributed by atoms with Gasteiger partial charge < -0.3 is 10.1 Å². The minimum atomic E-state index is 0.270. The maximum atomic E-state index is 5.39. The Morgan fingerprint density at radius 2 is 2.28 bits per heavy atom. The van der Waals surface area contributed by atoms with Gasteiger partial charge >= 0.3 is 0 Å². The number of hydrogen-bond donors (Lipinski definition) is 1. The number of methoxy groups -OCH3 is 1. The summed E-state index contributed by atoms with van der Waals surface area (Å²) in [6.45, 7) is 0. The molecule has 1 saturated carbocycles. The fourth-order valence-corrected chi connectivity index (χ4v) is 3.88. The van der Waals surface area contributed by atoms with Crippen LogP contribution in [-0.4, -0.2) is 30.1 Å². The first-order chi connectivity index (χ1) is 8.85. The lowest BCUT2D eigenvalue weighted by Gasteiger charge is -2.19. The minimum absolute atomic E-state index is 0.270. The van der Waals surface area contributed by atoms with E-state index in [9.17, 15) is 0 Å². The molecular formula is C14H22N2OS. The molecule has 1 atom stereocenters. The molecule has 1 fully saturated rings. The number of pyridine rings is 1. The maximum Gasteiger partial charge on any atom is 0.142 e. The molecule has 2 rings (SSSR count). The van der Waals surface area contributed by atoms with Gasteiger partial charge in [-0.15, -0.1) is 0 Å². The van der Waals surface area contributed by atoms with Crippen LogP contribution in [0.2, 0.25) is 0 Å². The van der Waals surface area contributed by atoms with Crippen molar-refractivity contribution < 1.29 is 4.74 Å². The molecule has 0 spiro atoms. The van der Waals surface area contributed by atoms with Crippen molar-refractivity contribution >= 4 is 11.8 Å². The number of rotatable bonds is 6. The van der Waals surface area contributed by atoms with Gasteiger partial charge in [0.1, 0.15) is 5.75 Å². The zero-order chi connectivity index (χ0) is 12.8. The Bertz CT molecular complexity index is 367. The van der Waals surface area contributed by atoms with Crippen LogP contribution in [0.1, 0.15) is 37.4 Å². The number of nitrogens with zero attached hydrogens (tertiary/aromatic N) is 1. The summed E-state index contributed by atoms with van der Waals surface area (Å²) in [5.74, 6) is 1.94. The quantitative estimate of drug-likeness (QED) is 0.858. The Kier molecular flexibility index (Phi) is 5.32. The Labute approximate surface area is 114 Å². The summed E-state index contributed by atoms with van der Waals surface area (Å²) in [5, 5.41) is 4.20. The highest BCUT2D eigenvalue weighted by atomic mass is 32.2. The third-order valence-corrected chi connectivity index (χ3v) is 4.97. The molecule has 0 radical (unpaired) electrons. The molecule has 100 valence electrons. The average molecular weight is 266 g/mol. The van der Waals surface area contributed by atoms with Gasteiger partial charge in [0, 0.05) is 17.2 Å². The van der Waals surface area contributed by atoms with Crippen LogP contribution in [-0.2, 0) is 0 Å². The van der Waals surface area contributed by atoms with Gasteiger partial charge in [0.2, 0.25) is 0 Å². The second kappa shape index (κ2) is 7.00. The number of thioether (sulfide) groups is 1. The predicted molar refractivity (Wildman–Crippen MR) is 77.3 cm³/mol. The van der Waals surface area contributed by atoms with E-state index < -0.39 is 0 Å². The molecule has 18 heavy (non-hydrogen) atoms. The number of aromatic nitrogens is 1. The van der Waals surface area contributed by atoms with Crippen molar-refractivity contribution in [2.75, 3.05) is 19.9 Å². The van der Waals surface area contributed by atoms with Crippen molar-refractivity contribution in [3.63, 3.8) is 0 Å². The van der Waals surface area contributed by atoms with E-state index in [1.807, 2.05) is 25.4 Å². The van der Waals surface area contributed by atoms with Crippen LogP contribution in [0, 0.1) is 0 Å². The van der Waals surface area contributed by atoms with Gasteiger partial charge in [0.25, 0.3) is 0 Å². The molecule has 1 N–H and O–H groups in total. The molecule has 1 aromatic heterocycles. The molecular weight excluding hydrogens is 244 g/mol. The average Bonchev–Trinajstić information content (AvgIpc) is 2.93. The second-order valence-corrected chi connectivity index (χ2v) is 6.01. The number of ether oxygens (including phenoxy) is 1. The maximum absolute atomic E-state index is 5.39. The zero-order valence-electron chi connectivity index (χ0n) is 11.2. The third kappa shape index (κ3) is 3.39. The van der Waals surface area contributed by atoms with E-state index in [-0.39, 0.29) is 6.04 Å². The highest BCUT2D eigenvalue weighted by molar-refractivity contribution is 7.99. The van der Waals surface area contributed by atoms with Crippen molar-refractivity contribution in [1.82, 2.24) is 10.3 Å². The SMILES string of the molecule is CNC(CSC1CCCC1)c1ncccc1OC. The molecule has 3 nitrogen and oxygen atoms in total. The Balaban J connectivity index is 1.98. The van der Waals surface area contributed by atoms with E-state index in [0.29, 0.717) is 0 Å². The summed E-state index contributed by atoms with van der Waals surface area (Å²) in [6, 6.07) is 4.17. The third-order valence-electron chi connectivity index (χ3n) is 3.50. The van der Waals surface area contributed by atoms with Gasteiger partial charge in [-0.3, -0.25) is 4.98 Å². The fourth-order valence-electron chi connectivity index (χ4n) is 2.42. The van der Waals surface area contributed by atoms with Crippen LogP contribution in [0.15, 0.2) is 18.3 Å². The van der Waals surface area contributed by atoms with Crippen molar-refractivity contribution in [1.29, 1.82) is 0 Å². The number of nitrogens with one attached hydrogen (secondary N) is 1. The van der Waals surface area contributed by atoms with Crippen LogP contribution >= 0.6 is 11.8 Å². The fraction of sp³-hybridized carbons (Fsp3) is 0.643. The summed E-state index contributed by atoms with van der Waals surface area (Å²) < 4.78 is 5.39. The van der Waals surface area contributed by atoms with Crippen LogP contribution in [0.5, 0.6) is 5.75 Å². The summed E-state index contributed by atoms with van der Waals surface area (Å²) in [7, 11) is 3.70. The molecule has 0 saturated heterocycles. The first-order valence-electron chi connectivity index (χ1n) is 6.63. The topological polar surface area (TPSA) is 34.2 Å². The number of hydrogen-bond acceptors (Lipinski definition) is 4. The normalized spacial score (nSPS) is 17.9. The molecule has 0 amide bonds. The highest BCUT2D eigenvalue weighted by Gasteiger charge is 2.20. The highest BCUT2D eigenvalue weighted by Crippen LogP contribution is 2.33. The van der Waals surface area contributed by atoms with Gasteiger partial charge in [0.05, 0.1) is 18.8 Å². The van der Waals surface area contributed by atoms with Crippen LogP contribution in [0.4, 0.5) is 0 Å². The smallest absolute Gasteiger partial charge is 0.142 e. The van der Waals surface area contributed by atoms with Crippen molar-refractivity contribution in [3.8, 4) is 5.75 Å². The van der Waals surface area contributed by atoms with Crippen molar-refractivity contribution in [2.45, 2.75) is 37.0 Å². The van der Waals surface area contributed by atoms with Gasteiger partial charge in [-0.05, 0) is 32.0 Å². The van der Waals surface area contributed by atoms with E-state index in [1.54, 1.807) is 7.11 Å². The zero-order valence-corrected chi connectivity index (χ0v) is 12.0.